The van der Waals surface area contributed by atoms with E-state index in [-0.39, 0.29) is 10.7 Å². The van der Waals surface area contributed by atoms with Crippen molar-refractivity contribution in [2.45, 2.75) is 11.8 Å². The first kappa shape index (κ1) is 8.95. The lowest BCUT2D eigenvalue weighted by Gasteiger charge is -2.09. The Bertz CT molecular complexity index is 399. The number of hydrogen-bond donors (Lipinski definition) is 1. The first-order valence-electron chi connectivity index (χ1n) is 3.09. The van der Waals surface area contributed by atoms with E-state index in [0.717, 1.165) is 6.20 Å². The van der Waals surface area contributed by atoms with Crippen LogP contribution in [-0.2, 0) is 10.1 Å². The van der Waals surface area contributed by atoms with Crippen LogP contribution in [0.1, 0.15) is 5.56 Å². The van der Waals surface area contributed by atoms with Crippen LogP contribution in [0.3, 0.4) is 0 Å². The van der Waals surface area contributed by atoms with Crippen molar-refractivity contribution in [3.8, 4) is 0 Å². The summed E-state index contributed by atoms with van der Waals surface area (Å²) in [5.41, 5.74) is 5.58. The second kappa shape index (κ2) is 2.72. The standard InChI is InChI=1S/C6H8N2O3S/c1-4-2-6(7)8-3-5(4)12(9,10)11/h2-3H,1H3,(H2,7,8)(H,9,10,11)/p-1. The summed E-state index contributed by atoms with van der Waals surface area (Å²) < 4.78 is 31.6. The molecule has 0 aromatic carbocycles. The van der Waals surface area contributed by atoms with Crippen molar-refractivity contribution < 1.29 is 13.0 Å². The Kier molecular flexibility index (Phi) is 2.03. The van der Waals surface area contributed by atoms with Crippen LogP contribution in [0.5, 0.6) is 0 Å². The highest BCUT2D eigenvalue weighted by molar-refractivity contribution is 7.85. The third-order valence-electron chi connectivity index (χ3n) is 1.35. The van der Waals surface area contributed by atoms with Gasteiger partial charge in [0.05, 0.1) is 4.90 Å². The van der Waals surface area contributed by atoms with Crippen LogP contribution in [0, 0.1) is 6.92 Å². The van der Waals surface area contributed by atoms with E-state index in [1.54, 1.807) is 0 Å². The van der Waals surface area contributed by atoms with Gasteiger partial charge < -0.3 is 10.3 Å². The Hall–Kier alpha value is -1.14. The average Bonchev–Trinajstić information content (AvgIpc) is 1.83. The summed E-state index contributed by atoms with van der Waals surface area (Å²) in [6.07, 6.45) is 0.965. The summed E-state index contributed by atoms with van der Waals surface area (Å²) in [7, 11) is -4.42. The Morgan fingerprint density at radius 3 is 2.58 bits per heavy atom. The largest absolute Gasteiger partial charge is 0.744 e. The number of anilines is 1. The van der Waals surface area contributed by atoms with Gasteiger partial charge in [-0.3, -0.25) is 0 Å². The van der Waals surface area contributed by atoms with E-state index in [9.17, 15) is 13.0 Å². The number of nitrogens with two attached hydrogens (primary N) is 1. The first-order chi connectivity index (χ1) is 5.41. The lowest BCUT2D eigenvalue weighted by molar-refractivity contribution is 0.462. The van der Waals surface area contributed by atoms with Crippen molar-refractivity contribution in [3.05, 3.63) is 17.8 Å². The summed E-state index contributed by atoms with van der Waals surface area (Å²) in [5, 5.41) is 0. The summed E-state index contributed by atoms with van der Waals surface area (Å²) in [5.74, 6) is 0.194. The van der Waals surface area contributed by atoms with Crippen molar-refractivity contribution in [2.24, 2.45) is 0 Å². The number of hydrogen-bond acceptors (Lipinski definition) is 5. The van der Waals surface area contributed by atoms with Crippen molar-refractivity contribution in [3.63, 3.8) is 0 Å². The van der Waals surface area contributed by atoms with Gasteiger partial charge in [0.15, 0.2) is 0 Å². The zero-order valence-electron chi connectivity index (χ0n) is 6.31. The number of nitrogens with zero attached hydrogens (tertiary/aromatic N) is 1. The van der Waals surface area contributed by atoms with Gasteiger partial charge in [0.2, 0.25) is 0 Å². The fraction of sp³-hybridized carbons (Fsp3) is 0.167. The molecule has 0 amide bonds. The molecule has 0 aliphatic carbocycles. The molecule has 6 heteroatoms. The molecule has 1 rings (SSSR count). The van der Waals surface area contributed by atoms with E-state index in [1.807, 2.05) is 0 Å². The molecular weight excluding hydrogens is 180 g/mol. The normalized spacial score (nSPS) is 11.5. The molecule has 0 aliphatic rings. The van der Waals surface area contributed by atoms with Gasteiger partial charge in [0.1, 0.15) is 15.9 Å². The third-order valence-corrected chi connectivity index (χ3v) is 2.32. The van der Waals surface area contributed by atoms with Gasteiger partial charge in [-0.15, -0.1) is 0 Å². The molecule has 0 saturated heterocycles. The van der Waals surface area contributed by atoms with Crippen LogP contribution >= 0.6 is 0 Å². The maximum atomic E-state index is 10.5. The highest BCUT2D eigenvalue weighted by Crippen LogP contribution is 2.14. The predicted molar refractivity (Wildman–Crippen MR) is 41.3 cm³/mol. The smallest absolute Gasteiger partial charge is 0.126 e. The zero-order chi connectivity index (χ0) is 9.35. The Morgan fingerprint density at radius 1 is 1.58 bits per heavy atom. The molecule has 0 bridgehead atoms. The molecule has 12 heavy (non-hydrogen) atoms. The van der Waals surface area contributed by atoms with Crippen LogP contribution in [-0.4, -0.2) is 18.0 Å². The van der Waals surface area contributed by atoms with Crippen molar-refractivity contribution in [1.82, 2.24) is 4.98 Å². The molecule has 0 fully saturated rings. The maximum absolute atomic E-state index is 10.5. The molecule has 1 aromatic rings. The van der Waals surface area contributed by atoms with Gasteiger partial charge in [-0.1, -0.05) is 0 Å². The quantitative estimate of drug-likeness (QED) is 0.618. The fourth-order valence-corrected chi connectivity index (χ4v) is 1.46. The molecule has 0 saturated carbocycles. The van der Waals surface area contributed by atoms with Crippen molar-refractivity contribution in [1.29, 1.82) is 0 Å². The Labute approximate surface area is 70.0 Å². The van der Waals surface area contributed by atoms with E-state index in [1.165, 1.54) is 13.0 Å². The van der Waals surface area contributed by atoms with Crippen LogP contribution in [0.25, 0.3) is 0 Å². The van der Waals surface area contributed by atoms with Gasteiger partial charge in [-0.05, 0) is 18.6 Å². The van der Waals surface area contributed by atoms with E-state index in [2.05, 4.69) is 4.98 Å². The molecule has 5 nitrogen and oxygen atoms in total. The number of rotatable bonds is 1. The predicted octanol–water partition coefficient (Wildman–Crippen LogP) is -0.124. The van der Waals surface area contributed by atoms with Gasteiger partial charge in [0, 0.05) is 6.20 Å². The van der Waals surface area contributed by atoms with Crippen LogP contribution in [0.4, 0.5) is 5.82 Å². The maximum Gasteiger partial charge on any atom is 0.126 e. The second-order valence-electron chi connectivity index (χ2n) is 2.33. The minimum atomic E-state index is -4.42. The van der Waals surface area contributed by atoms with Crippen molar-refractivity contribution >= 4 is 15.9 Å². The number of aryl methyl sites for hydroxylation is 1. The van der Waals surface area contributed by atoms with Crippen LogP contribution in [0.2, 0.25) is 0 Å². The second-order valence-corrected chi connectivity index (χ2v) is 3.68. The number of nitrogen functional groups attached to an aromatic ring is 1. The first-order valence-corrected chi connectivity index (χ1v) is 4.50. The summed E-state index contributed by atoms with van der Waals surface area (Å²) in [4.78, 5) is 3.18. The highest BCUT2D eigenvalue weighted by Gasteiger charge is 2.05. The Morgan fingerprint density at radius 2 is 2.17 bits per heavy atom. The Balaban J connectivity index is 3.39. The molecule has 1 heterocycles. The average molecular weight is 187 g/mol. The highest BCUT2D eigenvalue weighted by atomic mass is 32.2. The molecule has 0 spiro atoms. The molecular formula is C6H7N2O3S-. The fourth-order valence-electron chi connectivity index (χ4n) is 0.827. The SMILES string of the molecule is Cc1cc(N)ncc1S(=O)(=O)[O-]. The van der Waals surface area contributed by atoms with Gasteiger partial charge >= 0.3 is 0 Å². The van der Waals surface area contributed by atoms with Crippen molar-refractivity contribution in [2.75, 3.05) is 5.73 Å². The number of pyridine rings is 1. The molecule has 0 atom stereocenters. The zero-order valence-corrected chi connectivity index (χ0v) is 7.13. The summed E-state index contributed by atoms with van der Waals surface area (Å²) in [6, 6.07) is 1.34. The van der Waals surface area contributed by atoms with Gasteiger partial charge in [-0.2, -0.15) is 0 Å². The van der Waals surface area contributed by atoms with E-state index >= 15 is 0 Å². The van der Waals surface area contributed by atoms with E-state index in [0.29, 0.717) is 5.56 Å². The topological polar surface area (TPSA) is 96.1 Å². The molecule has 1 aromatic heterocycles. The molecule has 0 radical (unpaired) electrons. The summed E-state index contributed by atoms with van der Waals surface area (Å²) >= 11 is 0. The molecule has 2 N–H and O–H groups in total. The van der Waals surface area contributed by atoms with Gasteiger partial charge in [-0.25, -0.2) is 13.4 Å². The third kappa shape index (κ3) is 1.72. The minimum absolute atomic E-state index is 0.194. The number of aromatic nitrogens is 1. The molecule has 0 aliphatic heterocycles. The van der Waals surface area contributed by atoms with Crippen LogP contribution in [0.15, 0.2) is 17.2 Å². The molecule has 66 valence electrons. The lowest BCUT2D eigenvalue weighted by atomic mass is 10.3. The summed E-state index contributed by atoms with van der Waals surface area (Å²) in [6.45, 7) is 1.49. The van der Waals surface area contributed by atoms with E-state index in [4.69, 9.17) is 5.73 Å². The van der Waals surface area contributed by atoms with E-state index < -0.39 is 10.1 Å². The van der Waals surface area contributed by atoms with Crippen LogP contribution < -0.4 is 5.73 Å². The minimum Gasteiger partial charge on any atom is -0.744 e. The molecule has 0 unspecified atom stereocenters. The van der Waals surface area contributed by atoms with Gasteiger partial charge in [0.25, 0.3) is 0 Å². The lowest BCUT2D eigenvalue weighted by Crippen LogP contribution is -2.03. The monoisotopic (exact) mass is 187 g/mol.